The van der Waals surface area contributed by atoms with Crippen molar-refractivity contribution in [1.82, 2.24) is 10.2 Å². The summed E-state index contributed by atoms with van der Waals surface area (Å²) in [5.74, 6) is -1.67. The van der Waals surface area contributed by atoms with Crippen molar-refractivity contribution in [1.29, 1.82) is 0 Å². The Morgan fingerprint density at radius 2 is 1.59 bits per heavy atom. The molecule has 2 aliphatic rings. The number of nitrogens with one attached hydrogen (secondary N) is 1. The zero-order valence-electron chi connectivity index (χ0n) is 15.5. The molecule has 1 aliphatic heterocycles. The standard InChI is InChI=1S/C20H26FN3O3/c21-16-6-8-17(9-7-16)23-10-12-24(13-11-23)18(25)14-22-20(27)19(26)15-4-2-1-3-5-15/h6-9,15H,1-5,10-14H2,(H,22,27). The maximum atomic E-state index is 13.0. The molecular weight excluding hydrogens is 349 g/mol. The van der Waals surface area contributed by atoms with Crippen molar-refractivity contribution < 1.29 is 18.8 Å². The molecule has 1 saturated carbocycles. The fourth-order valence-electron chi connectivity index (χ4n) is 3.77. The van der Waals surface area contributed by atoms with Crippen LogP contribution in [0.25, 0.3) is 0 Å². The smallest absolute Gasteiger partial charge is 0.288 e. The van der Waals surface area contributed by atoms with Gasteiger partial charge in [0.25, 0.3) is 5.91 Å². The third kappa shape index (κ3) is 5.05. The molecule has 0 bridgehead atoms. The van der Waals surface area contributed by atoms with E-state index in [1.807, 2.05) is 0 Å². The monoisotopic (exact) mass is 375 g/mol. The second kappa shape index (κ2) is 8.97. The van der Waals surface area contributed by atoms with Crippen LogP contribution in [0.5, 0.6) is 0 Å². The molecule has 1 saturated heterocycles. The molecule has 1 aliphatic carbocycles. The van der Waals surface area contributed by atoms with Crippen LogP contribution in [0, 0.1) is 11.7 Å². The van der Waals surface area contributed by atoms with Gasteiger partial charge in [0, 0.05) is 37.8 Å². The highest BCUT2D eigenvalue weighted by Gasteiger charge is 2.28. The van der Waals surface area contributed by atoms with Crippen molar-refractivity contribution in [3.63, 3.8) is 0 Å². The molecule has 0 radical (unpaired) electrons. The van der Waals surface area contributed by atoms with Gasteiger partial charge in [-0.3, -0.25) is 14.4 Å². The molecule has 0 spiro atoms. The Morgan fingerprint density at radius 3 is 2.22 bits per heavy atom. The van der Waals surface area contributed by atoms with Gasteiger partial charge in [-0.25, -0.2) is 4.39 Å². The van der Waals surface area contributed by atoms with E-state index in [9.17, 15) is 18.8 Å². The molecule has 0 atom stereocenters. The Balaban J connectivity index is 1.42. The first-order valence-electron chi connectivity index (χ1n) is 9.65. The van der Waals surface area contributed by atoms with E-state index < -0.39 is 5.91 Å². The van der Waals surface area contributed by atoms with Gasteiger partial charge < -0.3 is 15.1 Å². The summed E-state index contributed by atoms with van der Waals surface area (Å²) >= 11 is 0. The molecule has 1 heterocycles. The minimum absolute atomic E-state index is 0.145. The Kier molecular flexibility index (Phi) is 6.42. The summed E-state index contributed by atoms with van der Waals surface area (Å²) < 4.78 is 13.0. The number of hydrogen-bond acceptors (Lipinski definition) is 4. The van der Waals surface area contributed by atoms with Crippen molar-refractivity contribution in [2.75, 3.05) is 37.6 Å². The van der Waals surface area contributed by atoms with Gasteiger partial charge in [0.15, 0.2) is 0 Å². The highest BCUT2D eigenvalue weighted by molar-refractivity contribution is 6.37. The first kappa shape index (κ1) is 19.3. The van der Waals surface area contributed by atoms with Gasteiger partial charge in [0.1, 0.15) is 5.82 Å². The van der Waals surface area contributed by atoms with Gasteiger partial charge in [0.05, 0.1) is 6.54 Å². The Hall–Kier alpha value is -2.44. The number of hydrogen-bond donors (Lipinski definition) is 1. The summed E-state index contributed by atoms with van der Waals surface area (Å²) in [5.41, 5.74) is 0.926. The Bertz CT molecular complexity index is 678. The van der Waals surface area contributed by atoms with Crippen LogP contribution in [-0.2, 0) is 14.4 Å². The van der Waals surface area contributed by atoms with Gasteiger partial charge in [-0.15, -0.1) is 0 Å². The number of Topliss-reactive ketones (excluding diaryl/α,β-unsaturated/α-hetero) is 1. The van der Waals surface area contributed by atoms with Crippen molar-refractivity contribution in [2.45, 2.75) is 32.1 Å². The minimum Gasteiger partial charge on any atom is -0.368 e. The van der Waals surface area contributed by atoms with Crippen LogP contribution in [-0.4, -0.2) is 55.2 Å². The number of amides is 2. The number of ketones is 1. The van der Waals surface area contributed by atoms with E-state index in [1.165, 1.54) is 12.1 Å². The number of halogens is 1. The number of carbonyl (C=O) groups excluding carboxylic acids is 3. The minimum atomic E-state index is -0.639. The zero-order valence-corrected chi connectivity index (χ0v) is 15.5. The van der Waals surface area contributed by atoms with E-state index in [1.54, 1.807) is 17.0 Å². The van der Waals surface area contributed by atoms with E-state index in [0.29, 0.717) is 26.2 Å². The Labute approximate surface area is 158 Å². The zero-order chi connectivity index (χ0) is 19.2. The van der Waals surface area contributed by atoms with E-state index >= 15 is 0 Å². The number of piperazine rings is 1. The van der Waals surface area contributed by atoms with Crippen molar-refractivity contribution in [2.24, 2.45) is 5.92 Å². The lowest BCUT2D eigenvalue weighted by Gasteiger charge is -2.36. The first-order valence-corrected chi connectivity index (χ1v) is 9.65. The molecule has 1 aromatic carbocycles. The molecule has 2 amide bonds. The molecule has 6 nitrogen and oxygen atoms in total. The molecule has 0 unspecified atom stereocenters. The number of benzene rings is 1. The summed E-state index contributed by atoms with van der Waals surface area (Å²) in [6, 6.07) is 6.30. The molecule has 0 aromatic heterocycles. The molecular formula is C20H26FN3O3. The SMILES string of the molecule is O=C(NCC(=O)N1CCN(c2ccc(F)cc2)CC1)C(=O)C1CCCCC1. The number of anilines is 1. The molecule has 1 N–H and O–H groups in total. The third-order valence-corrected chi connectivity index (χ3v) is 5.42. The molecule has 146 valence electrons. The summed E-state index contributed by atoms with van der Waals surface area (Å²) in [6.07, 6.45) is 4.63. The Morgan fingerprint density at radius 1 is 0.963 bits per heavy atom. The average Bonchev–Trinajstić information content (AvgIpc) is 2.72. The van der Waals surface area contributed by atoms with Crippen LogP contribution in [0.1, 0.15) is 32.1 Å². The van der Waals surface area contributed by atoms with Gasteiger partial charge in [-0.1, -0.05) is 19.3 Å². The molecule has 7 heteroatoms. The first-order chi connectivity index (χ1) is 13.0. The van der Waals surface area contributed by atoms with E-state index in [2.05, 4.69) is 10.2 Å². The van der Waals surface area contributed by atoms with Gasteiger partial charge in [0.2, 0.25) is 11.7 Å². The van der Waals surface area contributed by atoms with Crippen molar-refractivity contribution in [3.05, 3.63) is 30.1 Å². The lowest BCUT2D eigenvalue weighted by Crippen LogP contribution is -2.51. The van der Waals surface area contributed by atoms with Crippen LogP contribution in [0.15, 0.2) is 24.3 Å². The van der Waals surface area contributed by atoms with Crippen LogP contribution >= 0.6 is 0 Å². The molecule has 1 aromatic rings. The van der Waals surface area contributed by atoms with E-state index in [-0.39, 0.29) is 30.0 Å². The van der Waals surface area contributed by atoms with Crippen LogP contribution in [0.2, 0.25) is 0 Å². The fourth-order valence-corrected chi connectivity index (χ4v) is 3.77. The second-order valence-electron chi connectivity index (χ2n) is 7.23. The summed E-state index contributed by atoms with van der Waals surface area (Å²) in [4.78, 5) is 40.3. The normalized spacial score (nSPS) is 18.3. The van der Waals surface area contributed by atoms with E-state index in [4.69, 9.17) is 0 Å². The van der Waals surface area contributed by atoms with Gasteiger partial charge in [-0.2, -0.15) is 0 Å². The maximum Gasteiger partial charge on any atom is 0.288 e. The summed E-state index contributed by atoms with van der Waals surface area (Å²) in [5, 5.41) is 2.49. The van der Waals surface area contributed by atoms with Crippen LogP contribution < -0.4 is 10.2 Å². The molecule has 3 rings (SSSR count). The fraction of sp³-hybridized carbons (Fsp3) is 0.550. The average molecular weight is 375 g/mol. The maximum absolute atomic E-state index is 13.0. The van der Waals surface area contributed by atoms with Crippen LogP contribution in [0.4, 0.5) is 10.1 Å². The topological polar surface area (TPSA) is 69.7 Å². The largest absolute Gasteiger partial charge is 0.368 e. The lowest BCUT2D eigenvalue weighted by atomic mass is 9.86. The summed E-state index contributed by atoms with van der Waals surface area (Å²) in [7, 11) is 0. The summed E-state index contributed by atoms with van der Waals surface area (Å²) in [6.45, 7) is 2.21. The van der Waals surface area contributed by atoms with Gasteiger partial charge >= 0.3 is 0 Å². The van der Waals surface area contributed by atoms with Crippen molar-refractivity contribution >= 4 is 23.3 Å². The van der Waals surface area contributed by atoms with Crippen molar-refractivity contribution in [3.8, 4) is 0 Å². The number of carbonyl (C=O) groups is 3. The number of rotatable bonds is 5. The highest BCUT2D eigenvalue weighted by Crippen LogP contribution is 2.24. The predicted molar refractivity (Wildman–Crippen MR) is 99.8 cm³/mol. The molecule has 2 fully saturated rings. The third-order valence-electron chi connectivity index (χ3n) is 5.42. The number of nitrogens with zero attached hydrogens (tertiary/aromatic N) is 2. The lowest BCUT2D eigenvalue weighted by molar-refractivity contribution is -0.142. The van der Waals surface area contributed by atoms with E-state index in [0.717, 1.165) is 37.8 Å². The predicted octanol–water partition coefficient (Wildman–Crippen LogP) is 1.74. The van der Waals surface area contributed by atoms with Gasteiger partial charge in [-0.05, 0) is 37.1 Å². The molecule has 27 heavy (non-hydrogen) atoms. The van der Waals surface area contributed by atoms with Crippen LogP contribution in [0.3, 0.4) is 0 Å². The highest BCUT2D eigenvalue weighted by atomic mass is 19.1. The second-order valence-corrected chi connectivity index (χ2v) is 7.23. The quantitative estimate of drug-likeness (QED) is 0.796.